The average Bonchev–Trinajstić information content (AvgIpc) is 3.13. The molecule has 1 aliphatic carbocycles. The zero-order valence-corrected chi connectivity index (χ0v) is 13.3. The molecular formula is C17H17ClN2S. The van der Waals surface area contributed by atoms with Crippen LogP contribution in [0.4, 0.5) is 0 Å². The van der Waals surface area contributed by atoms with Crippen LogP contribution in [-0.2, 0) is 25.9 Å². The maximum Gasteiger partial charge on any atom is 0.0472 e. The Morgan fingerprint density at radius 3 is 3.05 bits per heavy atom. The van der Waals surface area contributed by atoms with Gasteiger partial charge in [0.15, 0.2) is 0 Å². The van der Waals surface area contributed by atoms with Gasteiger partial charge in [-0.25, -0.2) is 0 Å². The second-order valence-electron chi connectivity index (χ2n) is 5.62. The Hall–Kier alpha value is -1.29. The number of aryl methyl sites for hydroxylation is 2. The van der Waals surface area contributed by atoms with Gasteiger partial charge in [0.2, 0.25) is 0 Å². The molecule has 3 aromatic rings. The highest BCUT2D eigenvalue weighted by molar-refractivity contribution is 7.12. The summed E-state index contributed by atoms with van der Waals surface area (Å²) in [6, 6.07) is 8.40. The van der Waals surface area contributed by atoms with Crippen LogP contribution in [0.5, 0.6) is 0 Å². The topological polar surface area (TPSA) is 27.8 Å². The summed E-state index contributed by atoms with van der Waals surface area (Å²) in [6.07, 6.45) is 5.97. The first-order valence-corrected chi connectivity index (χ1v) is 8.56. The van der Waals surface area contributed by atoms with E-state index in [1.807, 2.05) is 23.5 Å². The molecule has 0 radical (unpaired) electrons. The van der Waals surface area contributed by atoms with Crippen molar-refractivity contribution in [2.75, 3.05) is 0 Å². The second kappa shape index (κ2) is 5.48. The van der Waals surface area contributed by atoms with Gasteiger partial charge < -0.3 is 10.3 Å². The number of hydrogen-bond acceptors (Lipinski definition) is 2. The van der Waals surface area contributed by atoms with Crippen LogP contribution in [0.3, 0.4) is 0 Å². The molecule has 2 N–H and O–H groups in total. The van der Waals surface area contributed by atoms with Gasteiger partial charge in [0.05, 0.1) is 0 Å². The number of aromatic amines is 1. The van der Waals surface area contributed by atoms with Crippen LogP contribution in [-0.4, -0.2) is 4.98 Å². The van der Waals surface area contributed by atoms with Crippen molar-refractivity contribution in [2.45, 2.75) is 32.4 Å². The molecule has 0 bridgehead atoms. The average molecular weight is 317 g/mol. The van der Waals surface area contributed by atoms with E-state index in [0.29, 0.717) is 0 Å². The van der Waals surface area contributed by atoms with Crippen LogP contribution < -0.4 is 5.32 Å². The molecule has 21 heavy (non-hydrogen) atoms. The zero-order chi connectivity index (χ0) is 14.2. The van der Waals surface area contributed by atoms with Gasteiger partial charge >= 0.3 is 0 Å². The van der Waals surface area contributed by atoms with Crippen LogP contribution in [0, 0.1) is 0 Å². The smallest absolute Gasteiger partial charge is 0.0472 e. The van der Waals surface area contributed by atoms with Crippen molar-refractivity contribution in [3.63, 3.8) is 0 Å². The highest BCUT2D eigenvalue weighted by atomic mass is 35.5. The number of thiophene rings is 1. The number of hydrogen-bond donors (Lipinski definition) is 2. The molecule has 0 fully saturated rings. The van der Waals surface area contributed by atoms with E-state index in [0.717, 1.165) is 23.6 Å². The quantitative estimate of drug-likeness (QED) is 0.719. The summed E-state index contributed by atoms with van der Waals surface area (Å²) in [4.78, 5) is 6.35. The van der Waals surface area contributed by atoms with Crippen molar-refractivity contribution in [3.8, 4) is 0 Å². The molecule has 1 aliphatic rings. The maximum absolute atomic E-state index is 6.01. The van der Waals surface area contributed by atoms with E-state index >= 15 is 0 Å². The molecule has 0 saturated heterocycles. The monoisotopic (exact) mass is 316 g/mol. The summed E-state index contributed by atoms with van der Waals surface area (Å²) in [5, 5.41) is 5.58. The first-order valence-electron chi connectivity index (χ1n) is 7.36. The molecule has 2 aromatic heterocycles. The van der Waals surface area contributed by atoms with Gasteiger partial charge in [0, 0.05) is 45.0 Å². The second-order valence-corrected chi connectivity index (χ2v) is 7.28. The Morgan fingerprint density at radius 2 is 2.14 bits per heavy atom. The number of H-pyrrole nitrogens is 1. The predicted octanol–water partition coefficient (Wildman–Crippen LogP) is 4.66. The van der Waals surface area contributed by atoms with E-state index in [1.54, 1.807) is 10.4 Å². The van der Waals surface area contributed by atoms with Crippen LogP contribution in [0.25, 0.3) is 10.9 Å². The van der Waals surface area contributed by atoms with Crippen molar-refractivity contribution in [1.29, 1.82) is 0 Å². The normalized spacial score (nSPS) is 14.0. The lowest BCUT2D eigenvalue weighted by Crippen LogP contribution is -2.11. The Bertz CT molecular complexity index is 766. The first-order chi connectivity index (χ1) is 10.3. The Morgan fingerprint density at radius 1 is 1.19 bits per heavy atom. The lowest BCUT2D eigenvalue weighted by Gasteiger charge is -2.02. The molecule has 0 unspecified atom stereocenters. The highest BCUT2D eigenvalue weighted by Gasteiger charge is 2.14. The van der Waals surface area contributed by atoms with Crippen molar-refractivity contribution in [3.05, 3.63) is 56.4 Å². The molecule has 108 valence electrons. The minimum absolute atomic E-state index is 0.775. The summed E-state index contributed by atoms with van der Waals surface area (Å²) in [5.41, 5.74) is 3.98. The summed E-state index contributed by atoms with van der Waals surface area (Å²) in [7, 11) is 0. The lowest BCUT2D eigenvalue weighted by molar-refractivity contribution is 0.703. The fourth-order valence-electron chi connectivity index (χ4n) is 3.10. The fourth-order valence-corrected chi connectivity index (χ4v) is 4.51. The van der Waals surface area contributed by atoms with Gasteiger partial charge in [-0.05, 0) is 48.6 Å². The Kier molecular flexibility index (Phi) is 3.49. The third kappa shape index (κ3) is 2.61. The molecule has 1 aromatic carbocycles. The molecule has 0 amide bonds. The predicted molar refractivity (Wildman–Crippen MR) is 90.2 cm³/mol. The SMILES string of the molecule is Clc1ccc2c(CNCc3cc4c(s3)CCC4)c[nH]c2c1. The van der Waals surface area contributed by atoms with Gasteiger partial charge in [-0.1, -0.05) is 17.7 Å². The summed E-state index contributed by atoms with van der Waals surface area (Å²) in [6.45, 7) is 1.84. The number of nitrogens with one attached hydrogen (secondary N) is 2. The molecule has 0 spiro atoms. The molecular weight excluding hydrogens is 300 g/mol. The van der Waals surface area contributed by atoms with E-state index in [4.69, 9.17) is 11.6 Å². The standard InChI is InChI=1S/C17H17ClN2S/c18-13-4-5-15-12(9-20-16(15)7-13)8-19-10-14-6-11-2-1-3-17(11)21-14/h4-7,9,19-20H,1-3,8,10H2. The van der Waals surface area contributed by atoms with Crippen molar-refractivity contribution < 1.29 is 0 Å². The number of halogens is 1. The van der Waals surface area contributed by atoms with Crippen molar-refractivity contribution in [2.24, 2.45) is 0 Å². The van der Waals surface area contributed by atoms with Gasteiger partial charge in [0.25, 0.3) is 0 Å². The minimum Gasteiger partial charge on any atom is -0.361 e. The summed E-state index contributed by atoms with van der Waals surface area (Å²) >= 11 is 7.99. The maximum atomic E-state index is 6.01. The van der Waals surface area contributed by atoms with Crippen LogP contribution >= 0.6 is 22.9 Å². The van der Waals surface area contributed by atoms with E-state index in [2.05, 4.69) is 28.6 Å². The van der Waals surface area contributed by atoms with Crippen LogP contribution in [0.2, 0.25) is 5.02 Å². The first kappa shape index (κ1) is 13.4. The third-order valence-corrected chi connectivity index (χ3v) is 5.61. The molecule has 2 heterocycles. The highest BCUT2D eigenvalue weighted by Crippen LogP contribution is 2.30. The summed E-state index contributed by atoms with van der Waals surface area (Å²) < 4.78 is 0. The molecule has 0 atom stereocenters. The molecule has 0 aliphatic heterocycles. The van der Waals surface area contributed by atoms with Gasteiger partial charge in [-0.15, -0.1) is 11.3 Å². The van der Waals surface area contributed by atoms with E-state index in [9.17, 15) is 0 Å². The van der Waals surface area contributed by atoms with E-state index in [1.165, 1.54) is 35.1 Å². The molecule has 2 nitrogen and oxygen atoms in total. The minimum atomic E-state index is 0.775. The Balaban J connectivity index is 1.43. The van der Waals surface area contributed by atoms with Crippen molar-refractivity contribution >= 4 is 33.8 Å². The van der Waals surface area contributed by atoms with Crippen molar-refractivity contribution in [1.82, 2.24) is 10.3 Å². The summed E-state index contributed by atoms with van der Waals surface area (Å²) in [5.74, 6) is 0. The van der Waals surface area contributed by atoms with Gasteiger partial charge in [-0.3, -0.25) is 0 Å². The molecule has 4 rings (SSSR count). The van der Waals surface area contributed by atoms with Gasteiger partial charge in [0.1, 0.15) is 0 Å². The van der Waals surface area contributed by atoms with E-state index in [-0.39, 0.29) is 0 Å². The number of benzene rings is 1. The zero-order valence-electron chi connectivity index (χ0n) is 11.7. The van der Waals surface area contributed by atoms with Crippen LogP contribution in [0.15, 0.2) is 30.5 Å². The Labute approximate surface area is 133 Å². The fraction of sp³-hybridized carbons (Fsp3) is 0.294. The van der Waals surface area contributed by atoms with Crippen LogP contribution in [0.1, 0.15) is 27.3 Å². The number of rotatable bonds is 4. The molecule has 4 heteroatoms. The largest absolute Gasteiger partial charge is 0.361 e. The third-order valence-electron chi connectivity index (χ3n) is 4.14. The molecule has 0 saturated carbocycles. The lowest BCUT2D eigenvalue weighted by atomic mass is 10.2. The number of aromatic nitrogens is 1. The number of fused-ring (bicyclic) bond motifs is 2. The van der Waals surface area contributed by atoms with E-state index < -0.39 is 0 Å². The van der Waals surface area contributed by atoms with Gasteiger partial charge in [-0.2, -0.15) is 0 Å².